The van der Waals surface area contributed by atoms with Crippen LogP contribution in [0.4, 0.5) is 0 Å². The fourth-order valence-corrected chi connectivity index (χ4v) is 3.83. The highest BCUT2D eigenvalue weighted by Gasteiger charge is 2.45. The Morgan fingerprint density at radius 2 is 2.20 bits per heavy atom. The van der Waals surface area contributed by atoms with Crippen molar-refractivity contribution in [1.82, 2.24) is 5.32 Å². The summed E-state index contributed by atoms with van der Waals surface area (Å²) < 4.78 is 11.9. The smallest absolute Gasteiger partial charge is 0.125 e. The number of fused-ring (bicyclic) bond motifs is 1. The monoisotopic (exact) mass is 275 g/mol. The first kappa shape index (κ1) is 13.7. The van der Waals surface area contributed by atoms with Gasteiger partial charge in [-0.25, -0.2) is 0 Å². The standard InChI is InChI=1S/C17H25NO2/c1-12-6-4-5-9-17(12)11-15(18-2)14-10-13(19-3)7-8-16(14)20-17/h7-8,10,12,15,18H,4-6,9,11H2,1-3H3. The van der Waals surface area contributed by atoms with E-state index in [0.717, 1.165) is 17.9 Å². The maximum absolute atomic E-state index is 6.51. The SMILES string of the molecule is CNC1CC2(CCCCC2C)Oc2ccc(OC)cc21. The molecule has 1 spiro atoms. The summed E-state index contributed by atoms with van der Waals surface area (Å²) in [5.41, 5.74) is 1.25. The van der Waals surface area contributed by atoms with Crippen molar-refractivity contribution in [2.75, 3.05) is 14.2 Å². The van der Waals surface area contributed by atoms with Crippen LogP contribution in [0.5, 0.6) is 11.5 Å². The summed E-state index contributed by atoms with van der Waals surface area (Å²) >= 11 is 0. The highest BCUT2D eigenvalue weighted by Crippen LogP contribution is 2.49. The summed E-state index contributed by atoms with van der Waals surface area (Å²) in [7, 11) is 3.75. The number of hydrogen-bond donors (Lipinski definition) is 1. The van der Waals surface area contributed by atoms with E-state index in [-0.39, 0.29) is 5.60 Å². The lowest BCUT2D eigenvalue weighted by atomic mass is 9.71. The molecule has 0 bridgehead atoms. The second kappa shape index (κ2) is 5.28. The predicted molar refractivity (Wildman–Crippen MR) is 80.4 cm³/mol. The first-order chi connectivity index (χ1) is 9.68. The van der Waals surface area contributed by atoms with Crippen LogP contribution in [-0.4, -0.2) is 19.8 Å². The largest absolute Gasteiger partial charge is 0.497 e. The van der Waals surface area contributed by atoms with Gasteiger partial charge in [-0.1, -0.05) is 13.3 Å². The van der Waals surface area contributed by atoms with E-state index in [0.29, 0.717) is 12.0 Å². The Bertz CT molecular complexity index is 488. The quantitative estimate of drug-likeness (QED) is 0.893. The van der Waals surface area contributed by atoms with Crippen molar-refractivity contribution in [3.63, 3.8) is 0 Å². The normalized spacial score (nSPS) is 32.5. The number of benzene rings is 1. The highest BCUT2D eigenvalue weighted by atomic mass is 16.5. The molecule has 1 aromatic carbocycles. The van der Waals surface area contributed by atoms with Gasteiger partial charge in [0.25, 0.3) is 0 Å². The molecule has 110 valence electrons. The van der Waals surface area contributed by atoms with Gasteiger partial charge in [-0.05, 0) is 50.4 Å². The molecule has 1 aliphatic heterocycles. The van der Waals surface area contributed by atoms with Gasteiger partial charge < -0.3 is 14.8 Å². The van der Waals surface area contributed by atoms with Crippen molar-refractivity contribution in [1.29, 1.82) is 0 Å². The summed E-state index contributed by atoms with van der Waals surface area (Å²) in [6.07, 6.45) is 6.14. The van der Waals surface area contributed by atoms with Gasteiger partial charge in [0.1, 0.15) is 17.1 Å². The zero-order valence-corrected chi connectivity index (χ0v) is 12.7. The zero-order chi connectivity index (χ0) is 14.2. The van der Waals surface area contributed by atoms with Gasteiger partial charge in [0, 0.05) is 18.0 Å². The van der Waals surface area contributed by atoms with Gasteiger partial charge in [0.15, 0.2) is 0 Å². The van der Waals surface area contributed by atoms with E-state index in [1.54, 1.807) is 7.11 Å². The predicted octanol–water partition coefficient (Wildman–Crippen LogP) is 3.69. The molecule has 1 N–H and O–H groups in total. The van der Waals surface area contributed by atoms with E-state index in [1.807, 2.05) is 13.1 Å². The number of methoxy groups -OCH3 is 1. The van der Waals surface area contributed by atoms with E-state index in [4.69, 9.17) is 9.47 Å². The molecule has 0 amide bonds. The van der Waals surface area contributed by atoms with Crippen LogP contribution in [-0.2, 0) is 0 Å². The average Bonchev–Trinajstić information content (AvgIpc) is 2.49. The van der Waals surface area contributed by atoms with E-state index in [1.165, 1.54) is 31.2 Å². The van der Waals surface area contributed by atoms with Crippen LogP contribution >= 0.6 is 0 Å². The van der Waals surface area contributed by atoms with Crippen LogP contribution in [0.25, 0.3) is 0 Å². The average molecular weight is 275 g/mol. The van der Waals surface area contributed by atoms with Crippen LogP contribution < -0.4 is 14.8 Å². The van der Waals surface area contributed by atoms with Gasteiger partial charge >= 0.3 is 0 Å². The Morgan fingerprint density at radius 1 is 1.35 bits per heavy atom. The van der Waals surface area contributed by atoms with Crippen LogP contribution in [0.1, 0.15) is 50.6 Å². The summed E-state index contributed by atoms with van der Waals surface area (Å²) in [4.78, 5) is 0. The second-order valence-electron chi connectivity index (χ2n) is 6.26. The molecule has 0 radical (unpaired) electrons. The molecule has 3 heteroatoms. The van der Waals surface area contributed by atoms with Crippen molar-refractivity contribution in [2.45, 2.75) is 50.7 Å². The molecule has 3 atom stereocenters. The molecule has 3 rings (SSSR count). The van der Waals surface area contributed by atoms with Gasteiger partial charge in [-0.3, -0.25) is 0 Å². The maximum atomic E-state index is 6.51. The summed E-state index contributed by atoms with van der Waals surface area (Å²) in [6.45, 7) is 2.35. The molecule has 1 fully saturated rings. The lowest BCUT2D eigenvalue weighted by Gasteiger charge is -2.48. The lowest BCUT2D eigenvalue weighted by molar-refractivity contribution is -0.0437. The summed E-state index contributed by atoms with van der Waals surface area (Å²) in [5, 5.41) is 3.47. The minimum Gasteiger partial charge on any atom is -0.497 e. The summed E-state index contributed by atoms with van der Waals surface area (Å²) in [6, 6.07) is 6.53. The van der Waals surface area contributed by atoms with Gasteiger partial charge in [-0.2, -0.15) is 0 Å². The first-order valence-corrected chi connectivity index (χ1v) is 7.73. The van der Waals surface area contributed by atoms with E-state index in [9.17, 15) is 0 Å². The summed E-state index contributed by atoms with van der Waals surface area (Å²) in [5.74, 6) is 2.56. The lowest BCUT2D eigenvalue weighted by Crippen LogP contribution is -2.50. The molecule has 1 aromatic rings. The van der Waals surface area contributed by atoms with E-state index in [2.05, 4.69) is 24.4 Å². The molecule has 0 aromatic heterocycles. The number of rotatable bonds is 2. The van der Waals surface area contributed by atoms with Crippen molar-refractivity contribution in [3.8, 4) is 11.5 Å². The third-order valence-corrected chi connectivity index (χ3v) is 5.19. The Morgan fingerprint density at radius 3 is 2.90 bits per heavy atom. The topological polar surface area (TPSA) is 30.5 Å². The molecule has 1 aliphatic carbocycles. The number of nitrogens with one attached hydrogen (secondary N) is 1. The van der Waals surface area contributed by atoms with Gasteiger partial charge in [0.2, 0.25) is 0 Å². The van der Waals surface area contributed by atoms with Crippen molar-refractivity contribution >= 4 is 0 Å². The maximum Gasteiger partial charge on any atom is 0.125 e. The van der Waals surface area contributed by atoms with E-state index >= 15 is 0 Å². The molecule has 3 unspecified atom stereocenters. The van der Waals surface area contributed by atoms with Crippen LogP contribution in [0.3, 0.4) is 0 Å². The third-order valence-electron chi connectivity index (χ3n) is 5.19. The molecule has 3 nitrogen and oxygen atoms in total. The molecule has 1 saturated carbocycles. The van der Waals surface area contributed by atoms with Crippen molar-refractivity contribution in [3.05, 3.63) is 23.8 Å². The van der Waals surface area contributed by atoms with Crippen LogP contribution in [0.15, 0.2) is 18.2 Å². The van der Waals surface area contributed by atoms with Crippen LogP contribution in [0.2, 0.25) is 0 Å². The molecular weight excluding hydrogens is 250 g/mol. The van der Waals surface area contributed by atoms with Crippen molar-refractivity contribution < 1.29 is 9.47 Å². The Labute approximate surface area is 121 Å². The number of ether oxygens (including phenoxy) is 2. The first-order valence-electron chi connectivity index (χ1n) is 7.73. The molecular formula is C17H25NO2. The Kier molecular flexibility index (Phi) is 3.63. The van der Waals surface area contributed by atoms with E-state index < -0.39 is 0 Å². The van der Waals surface area contributed by atoms with Gasteiger partial charge in [-0.15, -0.1) is 0 Å². The fourth-order valence-electron chi connectivity index (χ4n) is 3.83. The van der Waals surface area contributed by atoms with Gasteiger partial charge in [0.05, 0.1) is 7.11 Å². The highest BCUT2D eigenvalue weighted by molar-refractivity contribution is 5.44. The molecule has 1 heterocycles. The molecule has 20 heavy (non-hydrogen) atoms. The minimum atomic E-state index is 0.0213. The van der Waals surface area contributed by atoms with Crippen LogP contribution in [0, 0.1) is 5.92 Å². The zero-order valence-electron chi connectivity index (χ0n) is 12.7. The number of hydrogen-bond acceptors (Lipinski definition) is 3. The third kappa shape index (κ3) is 2.18. The minimum absolute atomic E-state index is 0.0213. The van der Waals surface area contributed by atoms with Crippen molar-refractivity contribution in [2.24, 2.45) is 5.92 Å². The fraction of sp³-hybridized carbons (Fsp3) is 0.647. The Balaban J connectivity index is 1.98. The molecule has 2 aliphatic rings. The second-order valence-corrected chi connectivity index (χ2v) is 6.26. The Hall–Kier alpha value is -1.22. The molecule has 0 saturated heterocycles.